The molecule has 0 aromatic heterocycles. The van der Waals surface area contributed by atoms with Gasteiger partial charge in [0, 0.05) is 12.6 Å². The summed E-state index contributed by atoms with van der Waals surface area (Å²) in [5.74, 6) is 0. The van der Waals surface area contributed by atoms with Gasteiger partial charge < -0.3 is 10.1 Å². The highest BCUT2D eigenvalue weighted by Gasteiger charge is 2.12. The van der Waals surface area contributed by atoms with Gasteiger partial charge in [0.25, 0.3) is 0 Å². The predicted molar refractivity (Wildman–Crippen MR) is 42.1 cm³/mol. The molecule has 1 rings (SSSR count). The molecule has 60 valence electrons. The molecule has 1 N–H and O–H groups in total. The average molecular weight is 143 g/mol. The van der Waals surface area contributed by atoms with Crippen LogP contribution in [0.25, 0.3) is 0 Å². The molecule has 0 aliphatic carbocycles. The molecular formula is C8H17NO. The van der Waals surface area contributed by atoms with Gasteiger partial charge >= 0.3 is 0 Å². The minimum absolute atomic E-state index is 0.645. The van der Waals surface area contributed by atoms with E-state index in [0.717, 1.165) is 19.6 Å². The molecule has 0 radical (unpaired) electrons. The lowest BCUT2D eigenvalue weighted by atomic mass is 10.2. The number of nitrogens with one attached hydrogen (secondary N) is 1. The minimum Gasteiger partial charge on any atom is -0.380 e. The molecule has 0 bridgehead atoms. The molecule has 2 nitrogen and oxygen atoms in total. The Morgan fingerprint density at radius 3 is 3.10 bits per heavy atom. The fraction of sp³-hybridized carbons (Fsp3) is 1.00. The second kappa shape index (κ2) is 4.69. The van der Waals surface area contributed by atoms with Crippen molar-refractivity contribution >= 4 is 0 Å². The minimum atomic E-state index is 0.645. The summed E-state index contributed by atoms with van der Waals surface area (Å²) in [5.41, 5.74) is 0. The van der Waals surface area contributed by atoms with Crippen molar-refractivity contribution in [1.82, 2.24) is 5.32 Å². The Morgan fingerprint density at radius 1 is 1.60 bits per heavy atom. The van der Waals surface area contributed by atoms with Crippen molar-refractivity contribution in [2.75, 3.05) is 19.8 Å². The van der Waals surface area contributed by atoms with Crippen molar-refractivity contribution in [2.45, 2.75) is 32.2 Å². The van der Waals surface area contributed by atoms with Gasteiger partial charge in [-0.15, -0.1) is 0 Å². The third-order valence-electron chi connectivity index (χ3n) is 1.83. The second-order valence-corrected chi connectivity index (χ2v) is 2.87. The molecule has 1 aliphatic heterocycles. The number of ether oxygens (including phenoxy) is 1. The summed E-state index contributed by atoms with van der Waals surface area (Å²) in [7, 11) is 0. The first-order valence-electron chi connectivity index (χ1n) is 4.24. The molecule has 1 atom stereocenters. The molecule has 2 heteroatoms. The van der Waals surface area contributed by atoms with E-state index in [2.05, 4.69) is 12.2 Å². The second-order valence-electron chi connectivity index (χ2n) is 2.87. The van der Waals surface area contributed by atoms with Gasteiger partial charge in [0.05, 0.1) is 6.61 Å². The average Bonchev–Trinajstić information content (AvgIpc) is 2.41. The first-order chi connectivity index (χ1) is 4.93. The Hall–Kier alpha value is -0.0800. The third kappa shape index (κ3) is 2.67. The van der Waals surface area contributed by atoms with Crippen molar-refractivity contribution in [2.24, 2.45) is 0 Å². The van der Waals surface area contributed by atoms with Gasteiger partial charge in [-0.3, -0.25) is 0 Å². The van der Waals surface area contributed by atoms with E-state index in [-0.39, 0.29) is 0 Å². The van der Waals surface area contributed by atoms with Crippen molar-refractivity contribution in [1.29, 1.82) is 0 Å². The maximum absolute atomic E-state index is 5.40. The molecule has 0 aromatic carbocycles. The van der Waals surface area contributed by atoms with Crippen molar-refractivity contribution in [3.05, 3.63) is 0 Å². The summed E-state index contributed by atoms with van der Waals surface area (Å²) in [6.45, 7) is 5.15. The van der Waals surface area contributed by atoms with Crippen LogP contribution in [0.1, 0.15) is 26.2 Å². The van der Waals surface area contributed by atoms with E-state index < -0.39 is 0 Å². The molecule has 1 fully saturated rings. The molecular weight excluding hydrogens is 126 g/mol. The predicted octanol–water partition coefficient (Wildman–Crippen LogP) is 1.17. The van der Waals surface area contributed by atoms with Crippen LogP contribution in [0.5, 0.6) is 0 Å². The standard InChI is InChI=1S/C8H17NO/c1-2-6-10-7-8-4-3-5-9-8/h8-9H,2-7H2,1H3/t8-/m0/s1. The van der Waals surface area contributed by atoms with Crippen molar-refractivity contribution < 1.29 is 4.74 Å². The molecule has 1 saturated heterocycles. The van der Waals surface area contributed by atoms with Gasteiger partial charge in [-0.25, -0.2) is 0 Å². The van der Waals surface area contributed by atoms with Crippen LogP contribution in [0.3, 0.4) is 0 Å². The Balaban J connectivity index is 1.91. The van der Waals surface area contributed by atoms with Gasteiger partial charge in [0.2, 0.25) is 0 Å². The lowest BCUT2D eigenvalue weighted by Gasteiger charge is -2.09. The zero-order valence-electron chi connectivity index (χ0n) is 6.73. The first-order valence-corrected chi connectivity index (χ1v) is 4.24. The monoisotopic (exact) mass is 143 g/mol. The summed E-state index contributed by atoms with van der Waals surface area (Å²) in [5, 5.41) is 3.39. The van der Waals surface area contributed by atoms with Gasteiger partial charge in [0.1, 0.15) is 0 Å². The van der Waals surface area contributed by atoms with Crippen LogP contribution in [-0.2, 0) is 4.74 Å². The smallest absolute Gasteiger partial charge is 0.0619 e. The van der Waals surface area contributed by atoms with E-state index in [1.165, 1.54) is 19.4 Å². The Labute approximate surface area is 63.0 Å². The van der Waals surface area contributed by atoms with Gasteiger partial charge in [-0.2, -0.15) is 0 Å². The quantitative estimate of drug-likeness (QED) is 0.596. The highest BCUT2D eigenvalue weighted by Crippen LogP contribution is 2.04. The van der Waals surface area contributed by atoms with E-state index in [1.54, 1.807) is 0 Å². The van der Waals surface area contributed by atoms with Gasteiger partial charge in [0.15, 0.2) is 0 Å². The topological polar surface area (TPSA) is 21.3 Å². The van der Waals surface area contributed by atoms with E-state index in [0.29, 0.717) is 6.04 Å². The van der Waals surface area contributed by atoms with Crippen LogP contribution in [0.15, 0.2) is 0 Å². The SMILES string of the molecule is CCCOC[C@@H]1CCCN1. The molecule has 0 amide bonds. The molecule has 10 heavy (non-hydrogen) atoms. The van der Waals surface area contributed by atoms with Gasteiger partial charge in [-0.05, 0) is 25.8 Å². The first kappa shape index (κ1) is 8.02. The largest absolute Gasteiger partial charge is 0.380 e. The van der Waals surface area contributed by atoms with E-state index in [4.69, 9.17) is 4.74 Å². The molecule has 0 aromatic rings. The van der Waals surface area contributed by atoms with Crippen LogP contribution < -0.4 is 5.32 Å². The van der Waals surface area contributed by atoms with Gasteiger partial charge in [-0.1, -0.05) is 6.92 Å². The Bertz CT molecular complexity index is 79.3. The number of rotatable bonds is 4. The van der Waals surface area contributed by atoms with Crippen molar-refractivity contribution in [3.8, 4) is 0 Å². The van der Waals surface area contributed by atoms with E-state index >= 15 is 0 Å². The molecule has 0 spiro atoms. The number of hydrogen-bond donors (Lipinski definition) is 1. The zero-order chi connectivity index (χ0) is 7.23. The summed E-state index contributed by atoms with van der Waals surface area (Å²) in [4.78, 5) is 0. The fourth-order valence-electron chi connectivity index (χ4n) is 1.27. The summed E-state index contributed by atoms with van der Waals surface area (Å²) >= 11 is 0. The lowest BCUT2D eigenvalue weighted by Crippen LogP contribution is -2.26. The Morgan fingerprint density at radius 2 is 2.50 bits per heavy atom. The van der Waals surface area contributed by atoms with Crippen LogP contribution in [-0.4, -0.2) is 25.8 Å². The molecule has 0 saturated carbocycles. The molecule has 1 aliphatic rings. The van der Waals surface area contributed by atoms with E-state index in [1.807, 2.05) is 0 Å². The summed E-state index contributed by atoms with van der Waals surface area (Å²) in [6.07, 6.45) is 3.75. The van der Waals surface area contributed by atoms with Crippen LogP contribution in [0.2, 0.25) is 0 Å². The normalized spacial score (nSPS) is 25.5. The molecule has 1 heterocycles. The highest BCUT2D eigenvalue weighted by atomic mass is 16.5. The maximum atomic E-state index is 5.40. The highest BCUT2D eigenvalue weighted by molar-refractivity contribution is 4.72. The molecule has 0 unspecified atom stereocenters. The third-order valence-corrected chi connectivity index (χ3v) is 1.83. The maximum Gasteiger partial charge on any atom is 0.0619 e. The van der Waals surface area contributed by atoms with Crippen LogP contribution >= 0.6 is 0 Å². The van der Waals surface area contributed by atoms with Crippen molar-refractivity contribution in [3.63, 3.8) is 0 Å². The fourth-order valence-corrected chi connectivity index (χ4v) is 1.27. The Kier molecular flexibility index (Phi) is 3.76. The number of hydrogen-bond acceptors (Lipinski definition) is 2. The van der Waals surface area contributed by atoms with Crippen LogP contribution in [0.4, 0.5) is 0 Å². The van der Waals surface area contributed by atoms with E-state index in [9.17, 15) is 0 Å². The van der Waals surface area contributed by atoms with Crippen LogP contribution in [0, 0.1) is 0 Å². The lowest BCUT2D eigenvalue weighted by molar-refractivity contribution is 0.117. The zero-order valence-corrected chi connectivity index (χ0v) is 6.73. The summed E-state index contributed by atoms with van der Waals surface area (Å²) in [6, 6.07) is 0.645. The summed E-state index contributed by atoms with van der Waals surface area (Å²) < 4.78 is 5.40.